The molecule has 0 spiro atoms. The van der Waals surface area contributed by atoms with Crippen LogP contribution in [0, 0.1) is 11.8 Å². The van der Waals surface area contributed by atoms with Gasteiger partial charge in [0.15, 0.2) is 0 Å². The zero-order valence-corrected chi connectivity index (χ0v) is 11.4. The Labute approximate surface area is 99.8 Å². The first-order chi connectivity index (χ1) is 7.31. The van der Waals surface area contributed by atoms with Gasteiger partial charge in [-0.05, 0) is 37.5 Å². The van der Waals surface area contributed by atoms with Crippen molar-refractivity contribution in [3.05, 3.63) is 0 Å². The highest BCUT2D eigenvalue weighted by Crippen LogP contribution is 2.33. The topological polar surface area (TPSA) is 12.0 Å². The van der Waals surface area contributed by atoms with Crippen LogP contribution >= 0.6 is 11.8 Å². The molecule has 2 heteroatoms. The summed E-state index contributed by atoms with van der Waals surface area (Å²) in [6.07, 6.45) is 7.23. The molecule has 0 aromatic carbocycles. The van der Waals surface area contributed by atoms with Gasteiger partial charge in [0.25, 0.3) is 0 Å². The molecule has 0 bridgehead atoms. The molecule has 0 aromatic heterocycles. The molecular weight excluding hydrogens is 202 g/mol. The fraction of sp³-hybridized carbons (Fsp3) is 1.00. The number of thioether (sulfide) groups is 1. The molecular formula is C13H27NS. The van der Waals surface area contributed by atoms with Gasteiger partial charge in [-0.2, -0.15) is 11.8 Å². The van der Waals surface area contributed by atoms with E-state index in [0.29, 0.717) is 0 Å². The van der Waals surface area contributed by atoms with Gasteiger partial charge in [0.2, 0.25) is 0 Å². The Morgan fingerprint density at radius 3 is 2.33 bits per heavy atom. The number of hydrogen-bond acceptors (Lipinski definition) is 2. The van der Waals surface area contributed by atoms with Crippen molar-refractivity contribution in [3.8, 4) is 0 Å². The Bertz CT molecular complexity index is 153. The third kappa shape index (κ3) is 4.36. The lowest BCUT2D eigenvalue weighted by atomic mass is 9.78. The van der Waals surface area contributed by atoms with Crippen LogP contribution in [0.25, 0.3) is 0 Å². The monoisotopic (exact) mass is 229 g/mol. The second kappa shape index (κ2) is 7.56. The van der Waals surface area contributed by atoms with Crippen LogP contribution in [0.1, 0.15) is 46.0 Å². The Balaban J connectivity index is 2.29. The van der Waals surface area contributed by atoms with E-state index in [4.69, 9.17) is 0 Å². The molecule has 0 aromatic rings. The zero-order valence-electron chi connectivity index (χ0n) is 10.6. The van der Waals surface area contributed by atoms with E-state index in [0.717, 1.165) is 17.9 Å². The van der Waals surface area contributed by atoms with Crippen LogP contribution < -0.4 is 5.32 Å². The van der Waals surface area contributed by atoms with Crippen molar-refractivity contribution in [1.82, 2.24) is 5.32 Å². The normalized spacial score (nSPS) is 29.0. The van der Waals surface area contributed by atoms with Crippen LogP contribution in [-0.4, -0.2) is 24.6 Å². The van der Waals surface area contributed by atoms with E-state index in [-0.39, 0.29) is 0 Å². The Morgan fingerprint density at radius 1 is 1.20 bits per heavy atom. The van der Waals surface area contributed by atoms with Crippen molar-refractivity contribution in [2.75, 3.05) is 18.6 Å². The molecule has 1 nitrogen and oxygen atoms in total. The molecule has 1 aliphatic carbocycles. The second-order valence-electron chi connectivity index (χ2n) is 4.74. The van der Waals surface area contributed by atoms with E-state index in [1.54, 1.807) is 0 Å². The van der Waals surface area contributed by atoms with Crippen molar-refractivity contribution in [2.45, 2.75) is 52.0 Å². The van der Waals surface area contributed by atoms with Gasteiger partial charge >= 0.3 is 0 Å². The largest absolute Gasteiger partial charge is 0.316 e. The summed E-state index contributed by atoms with van der Waals surface area (Å²) in [4.78, 5) is 0. The summed E-state index contributed by atoms with van der Waals surface area (Å²) in [5.41, 5.74) is 0. The lowest BCUT2D eigenvalue weighted by molar-refractivity contribution is 0.233. The smallest absolute Gasteiger partial charge is 0.0183 e. The van der Waals surface area contributed by atoms with Crippen LogP contribution in [0.5, 0.6) is 0 Å². The lowest BCUT2D eigenvalue weighted by Crippen LogP contribution is -2.37. The minimum Gasteiger partial charge on any atom is -0.316 e. The van der Waals surface area contributed by atoms with Crippen molar-refractivity contribution in [1.29, 1.82) is 0 Å². The first kappa shape index (κ1) is 13.4. The van der Waals surface area contributed by atoms with Crippen molar-refractivity contribution >= 4 is 11.8 Å². The minimum atomic E-state index is 0.757. The predicted molar refractivity (Wildman–Crippen MR) is 71.6 cm³/mol. The molecule has 1 rings (SSSR count). The van der Waals surface area contributed by atoms with Gasteiger partial charge in [-0.1, -0.05) is 33.1 Å². The standard InChI is InChI=1S/C13H27NS/c1-4-11-6-8-12(9-7-11)13(14-3)10-15-5-2/h11-14H,4-10H2,1-3H3. The molecule has 1 N–H and O–H groups in total. The van der Waals surface area contributed by atoms with Crippen molar-refractivity contribution in [2.24, 2.45) is 11.8 Å². The van der Waals surface area contributed by atoms with Crippen LogP contribution in [0.2, 0.25) is 0 Å². The molecule has 0 amide bonds. The number of hydrogen-bond donors (Lipinski definition) is 1. The summed E-state index contributed by atoms with van der Waals surface area (Å²) in [6.45, 7) is 4.60. The molecule has 1 unspecified atom stereocenters. The van der Waals surface area contributed by atoms with Crippen LogP contribution in [0.4, 0.5) is 0 Å². The SMILES string of the molecule is CCSCC(NC)C1CCC(CC)CC1. The van der Waals surface area contributed by atoms with Gasteiger partial charge in [0, 0.05) is 11.8 Å². The van der Waals surface area contributed by atoms with E-state index in [9.17, 15) is 0 Å². The Morgan fingerprint density at radius 2 is 1.87 bits per heavy atom. The van der Waals surface area contributed by atoms with Crippen molar-refractivity contribution in [3.63, 3.8) is 0 Å². The average Bonchev–Trinajstić information content (AvgIpc) is 2.31. The van der Waals surface area contributed by atoms with Gasteiger partial charge in [0.1, 0.15) is 0 Å². The first-order valence-corrected chi connectivity index (χ1v) is 7.72. The average molecular weight is 229 g/mol. The van der Waals surface area contributed by atoms with Crippen LogP contribution in [-0.2, 0) is 0 Å². The maximum absolute atomic E-state index is 3.52. The van der Waals surface area contributed by atoms with Gasteiger partial charge < -0.3 is 5.32 Å². The van der Waals surface area contributed by atoms with E-state index < -0.39 is 0 Å². The summed E-state index contributed by atoms with van der Waals surface area (Å²) >= 11 is 2.08. The molecule has 15 heavy (non-hydrogen) atoms. The molecule has 0 radical (unpaired) electrons. The Hall–Kier alpha value is 0.310. The predicted octanol–water partition coefficient (Wildman–Crippen LogP) is 3.54. The van der Waals surface area contributed by atoms with Gasteiger partial charge in [-0.3, -0.25) is 0 Å². The summed E-state index contributed by atoms with van der Waals surface area (Å²) in [7, 11) is 2.13. The maximum Gasteiger partial charge on any atom is 0.0183 e. The quantitative estimate of drug-likeness (QED) is 0.747. The molecule has 0 saturated heterocycles. The maximum atomic E-state index is 3.52. The molecule has 0 aliphatic heterocycles. The Kier molecular flexibility index (Phi) is 6.74. The minimum absolute atomic E-state index is 0.757. The van der Waals surface area contributed by atoms with Crippen molar-refractivity contribution < 1.29 is 0 Å². The van der Waals surface area contributed by atoms with E-state index in [1.807, 2.05) is 0 Å². The fourth-order valence-corrected chi connectivity index (χ4v) is 3.63. The highest BCUT2D eigenvalue weighted by molar-refractivity contribution is 7.99. The second-order valence-corrected chi connectivity index (χ2v) is 6.06. The highest BCUT2D eigenvalue weighted by atomic mass is 32.2. The summed E-state index contributed by atoms with van der Waals surface area (Å²) < 4.78 is 0. The summed E-state index contributed by atoms with van der Waals surface area (Å²) in [5, 5.41) is 3.52. The molecule has 1 atom stereocenters. The number of nitrogens with one attached hydrogen (secondary N) is 1. The molecule has 90 valence electrons. The fourth-order valence-electron chi connectivity index (χ4n) is 2.70. The van der Waals surface area contributed by atoms with Gasteiger partial charge in [-0.15, -0.1) is 0 Å². The zero-order chi connectivity index (χ0) is 11.1. The van der Waals surface area contributed by atoms with Crippen LogP contribution in [0.15, 0.2) is 0 Å². The van der Waals surface area contributed by atoms with Gasteiger partial charge in [0.05, 0.1) is 0 Å². The first-order valence-electron chi connectivity index (χ1n) is 6.56. The molecule has 0 heterocycles. The molecule has 1 saturated carbocycles. The summed E-state index contributed by atoms with van der Waals surface area (Å²) in [6, 6.07) is 0.757. The highest BCUT2D eigenvalue weighted by Gasteiger charge is 2.25. The lowest BCUT2D eigenvalue weighted by Gasteiger charge is -2.33. The van der Waals surface area contributed by atoms with Crippen LogP contribution in [0.3, 0.4) is 0 Å². The van der Waals surface area contributed by atoms with E-state index in [1.165, 1.54) is 43.6 Å². The third-order valence-corrected chi connectivity index (χ3v) is 4.91. The van der Waals surface area contributed by atoms with E-state index >= 15 is 0 Å². The molecule has 1 fully saturated rings. The molecule has 1 aliphatic rings. The van der Waals surface area contributed by atoms with E-state index in [2.05, 4.69) is 38.0 Å². The number of rotatable bonds is 6. The third-order valence-electron chi connectivity index (χ3n) is 3.91. The summed E-state index contributed by atoms with van der Waals surface area (Å²) in [5.74, 6) is 4.52. The van der Waals surface area contributed by atoms with Gasteiger partial charge in [-0.25, -0.2) is 0 Å².